The van der Waals surface area contributed by atoms with Crippen molar-refractivity contribution in [2.75, 3.05) is 18.6 Å². The number of hydrogen-bond acceptors (Lipinski definition) is 5. The summed E-state index contributed by atoms with van der Waals surface area (Å²) in [5.41, 5.74) is 1.37. The van der Waals surface area contributed by atoms with Crippen molar-refractivity contribution in [3.63, 3.8) is 0 Å². The van der Waals surface area contributed by atoms with Gasteiger partial charge >= 0.3 is 0 Å². The molecule has 152 valence electrons. The number of aliphatic hydroxyl groups is 1. The van der Waals surface area contributed by atoms with E-state index in [1.807, 2.05) is 31.2 Å². The van der Waals surface area contributed by atoms with Crippen LogP contribution in [0.5, 0.6) is 11.5 Å². The van der Waals surface area contributed by atoms with E-state index in [0.29, 0.717) is 29.4 Å². The average Bonchev–Trinajstić information content (AvgIpc) is 3.02. The molecule has 0 spiro atoms. The summed E-state index contributed by atoms with van der Waals surface area (Å²) in [5.74, 6) is -0.0866. The number of anilines is 1. The second-order valence-corrected chi connectivity index (χ2v) is 6.74. The third-order valence-corrected chi connectivity index (χ3v) is 4.83. The van der Waals surface area contributed by atoms with Crippen molar-refractivity contribution in [2.45, 2.75) is 32.7 Å². The van der Waals surface area contributed by atoms with E-state index in [2.05, 4.69) is 0 Å². The van der Waals surface area contributed by atoms with Crippen molar-refractivity contribution < 1.29 is 24.2 Å². The molecule has 2 aromatic rings. The molecule has 1 heterocycles. The highest BCUT2D eigenvalue weighted by Crippen LogP contribution is 2.42. The standard InChI is InChI=1S/C23H25NO5/c1-4-13-29-17-11-9-15(10-12-17)21-20(19(25)5-2)22(26)23(27)24(21)16-7-6-8-18(14-16)28-3/h6-12,14,21,26H,4-5,13H2,1-3H3. The number of aliphatic hydroxyl groups excluding tert-OH is 1. The van der Waals surface area contributed by atoms with Crippen LogP contribution in [0.25, 0.3) is 0 Å². The molecule has 0 radical (unpaired) electrons. The molecular formula is C23H25NO5. The van der Waals surface area contributed by atoms with Crippen LogP contribution >= 0.6 is 0 Å². The third kappa shape index (κ3) is 3.97. The van der Waals surface area contributed by atoms with Crippen molar-refractivity contribution >= 4 is 17.4 Å². The first-order valence-electron chi connectivity index (χ1n) is 9.68. The number of nitrogens with zero attached hydrogens (tertiary/aromatic N) is 1. The van der Waals surface area contributed by atoms with Gasteiger partial charge in [-0.1, -0.05) is 32.0 Å². The van der Waals surface area contributed by atoms with E-state index < -0.39 is 17.7 Å². The van der Waals surface area contributed by atoms with E-state index in [0.717, 1.165) is 6.42 Å². The Labute approximate surface area is 170 Å². The van der Waals surface area contributed by atoms with Crippen LogP contribution in [0.1, 0.15) is 38.3 Å². The van der Waals surface area contributed by atoms with Gasteiger partial charge in [0.05, 0.1) is 25.3 Å². The molecule has 2 aromatic carbocycles. The smallest absolute Gasteiger partial charge is 0.294 e. The molecule has 29 heavy (non-hydrogen) atoms. The minimum atomic E-state index is -0.720. The normalized spacial score (nSPS) is 16.3. The van der Waals surface area contributed by atoms with Gasteiger partial charge in [-0.05, 0) is 36.2 Å². The summed E-state index contributed by atoms with van der Waals surface area (Å²) in [6.45, 7) is 4.35. The first-order chi connectivity index (χ1) is 14.0. The summed E-state index contributed by atoms with van der Waals surface area (Å²) < 4.78 is 10.9. The largest absolute Gasteiger partial charge is 0.503 e. The second-order valence-electron chi connectivity index (χ2n) is 6.74. The SMILES string of the molecule is CCCOc1ccc(C2C(C(=O)CC)=C(O)C(=O)N2c2cccc(OC)c2)cc1. The first-order valence-corrected chi connectivity index (χ1v) is 9.68. The minimum Gasteiger partial charge on any atom is -0.503 e. The zero-order chi connectivity index (χ0) is 21.0. The molecule has 0 saturated heterocycles. The summed E-state index contributed by atoms with van der Waals surface area (Å²) in [7, 11) is 1.54. The van der Waals surface area contributed by atoms with Crippen molar-refractivity contribution in [2.24, 2.45) is 0 Å². The maximum absolute atomic E-state index is 12.9. The molecule has 1 aliphatic rings. The lowest BCUT2D eigenvalue weighted by Crippen LogP contribution is -2.31. The van der Waals surface area contributed by atoms with Crippen LogP contribution in [0.4, 0.5) is 5.69 Å². The van der Waals surface area contributed by atoms with Gasteiger partial charge in [-0.15, -0.1) is 0 Å². The van der Waals surface area contributed by atoms with Gasteiger partial charge in [0.2, 0.25) is 0 Å². The van der Waals surface area contributed by atoms with Crippen LogP contribution in [0.3, 0.4) is 0 Å². The fourth-order valence-corrected chi connectivity index (χ4v) is 3.39. The molecule has 1 atom stereocenters. The Balaban J connectivity index is 2.07. The topological polar surface area (TPSA) is 76.1 Å². The number of benzene rings is 2. The van der Waals surface area contributed by atoms with Gasteiger partial charge in [0.25, 0.3) is 5.91 Å². The summed E-state index contributed by atoms with van der Waals surface area (Å²) in [6, 6.07) is 13.5. The lowest BCUT2D eigenvalue weighted by molar-refractivity contribution is -0.118. The van der Waals surface area contributed by atoms with Gasteiger partial charge in [0.1, 0.15) is 11.5 Å². The molecule has 0 saturated carbocycles. The highest BCUT2D eigenvalue weighted by molar-refractivity contribution is 6.16. The molecular weight excluding hydrogens is 370 g/mol. The van der Waals surface area contributed by atoms with E-state index in [1.54, 1.807) is 38.3 Å². The van der Waals surface area contributed by atoms with Gasteiger partial charge in [-0.3, -0.25) is 14.5 Å². The van der Waals surface area contributed by atoms with E-state index >= 15 is 0 Å². The highest BCUT2D eigenvalue weighted by Gasteiger charge is 2.43. The lowest BCUT2D eigenvalue weighted by Gasteiger charge is -2.27. The molecule has 1 N–H and O–H groups in total. The first kappa shape index (κ1) is 20.5. The van der Waals surface area contributed by atoms with Gasteiger partial charge in [-0.2, -0.15) is 0 Å². The average molecular weight is 395 g/mol. The van der Waals surface area contributed by atoms with Crippen molar-refractivity contribution in [3.05, 3.63) is 65.4 Å². The van der Waals surface area contributed by atoms with Gasteiger partial charge < -0.3 is 14.6 Å². The maximum atomic E-state index is 12.9. The Hall–Kier alpha value is -3.28. The maximum Gasteiger partial charge on any atom is 0.294 e. The zero-order valence-electron chi connectivity index (χ0n) is 16.8. The van der Waals surface area contributed by atoms with Crippen molar-refractivity contribution in [1.29, 1.82) is 0 Å². The summed E-state index contributed by atoms with van der Waals surface area (Å²) in [4.78, 5) is 27.0. The summed E-state index contributed by atoms with van der Waals surface area (Å²) in [6.07, 6.45) is 1.08. The molecule has 0 bridgehead atoms. The highest BCUT2D eigenvalue weighted by atomic mass is 16.5. The van der Waals surface area contributed by atoms with Crippen molar-refractivity contribution in [3.8, 4) is 11.5 Å². The number of hydrogen-bond donors (Lipinski definition) is 1. The van der Waals surface area contributed by atoms with Crippen LogP contribution in [-0.2, 0) is 9.59 Å². The minimum absolute atomic E-state index is 0.113. The Kier molecular flexibility index (Phi) is 6.22. The molecule has 6 heteroatoms. The molecule has 1 amide bonds. The van der Waals surface area contributed by atoms with Crippen molar-refractivity contribution in [1.82, 2.24) is 0 Å². The van der Waals surface area contributed by atoms with Gasteiger partial charge in [0, 0.05) is 18.2 Å². The fourth-order valence-electron chi connectivity index (χ4n) is 3.39. The summed E-state index contributed by atoms with van der Waals surface area (Å²) in [5, 5.41) is 10.5. The number of methoxy groups -OCH3 is 1. The van der Waals surface area contributed by atoms with E-state index in [1.165, 1.54) is 4.90 Å². The van der Waals surface area contributed by atoms with Crippen LogP contribution in [0.2, 0.25) is 0 Å². The number of ether oxygens (including phenoxy) is 2. The Morgan fingerprint density at radius 2 is 1.83 bits per heavy atom. The summed E-state index contributed by atoms with van der Waals surface area (Å²) >= 11 is 0. The number of carbonyl (C=O) groups is 2. The molecule has 6 nitrogen and oxygen atoms in total. The monoisotopic (exact) mass is 395 g/mol. The van der Waals surface area contributed by atoms with Crippen LogP contribution in [-0.4, -0.2) is 30.5 Å². The second kappa shape index (κ2) is 8.82. The quantitative estimate of drug-likeness (QED) is 0.719. The number of ketones is 1. The molecule has 0 aromatic heterocycles. The predicted molar refractivity (Wildman–Crippen MR) is 110 cm³/mol. The zero-order valence-corrected chi connectivity index (χ0v) is 16.8. The lowest BCUT2D eigenvalue weighted by atomic mass is 9.94. The molecule has 0 fully saturated rings. The van der Waals surface area contributed by atoms with Gasteiger partial charge in [-0.25, -0.2) is 0 Å². The molecule has 3 rings (SSSR count). The van der Waals surface area contributed by atoms with E-state index in [-0.39, 0.29) is 17.8 Å². The third-order valence-electron chi connectivity index (χ3n) is 4.83. The number of Topliss-reactive ketones (excluding diaryl/α,β-unsaturated/α-hetero) is 1. The molecule has 0 aliphatic carbocycles. The molecule has 1 aliphatic heterocycles. The van der Waals surface area contributed by atoms with E-state index in [9.17, 15) is 14.7 Å². The molecule has 1 unspecified atom stereocenters. The number of carbonyl (C=O) groups excluding carboxylic acids is 2. The van der Waals surface area contributed by atoms with Crippen LogP contribution < -0.4 is 14.4 Å². The fraction of sp³-hybridized carbons (Fsp3) is 0.304. The number of amides is 1. The number of rotatable bonds is 8. The Morgan fingerprint density at radius 3 is 2.45 bits per heavy atom. The van der Waals surface area contributed by atoms with E-state index in [4.69, 9.17) is 9.47 Å². The van der Waals surface area contributed by atoms with Crippen LogP contribution in [0, 0.1) is 0 Å². The van der Waals surface area contributed by atoms with Crippen LogP contribution in [0.15, 0.2) is 59.9 Å². The Bertz CT molecular complexity index is 933. The Morgan fingerprint density at radius 1 is 1.10 bits per heavy atom. The van der Waals surface area contributed by atoms with Gasteiger partial charge in [0.15, 0.2) is 11.5 Å². The predicted octanol–water partition coefficient (Wildman–Crippen LogP) is 4.36.